The van der Waals surface area contributed by atoms with Gasteiger partial charge in [-0.05, 0) is 71.9 Å². The van der Waals surface area contributed by atoms with Crippen LogP contribution in [0.25, 0.3) is 0 Å². The molecule has 140 valence electrons. The highest BCUT2D eigenvalue weighted by molar-refractivity contribution is 5.80. The van der Waals surface area contributed by atoms with Crippen LogP contribution in [0.3, 0.4) is 0 Å². The first-order chi connectivity index (χ1) is 11.6. The number of nitrogens with zero attached hydrogens (tertiary/aromatic N) is 3. The molecule has 4 heteroatoms. The zero-order valence-corrected chi connectivity index (χ0v) is 16.6. The minimum absolute atomic E-state index is 0.606. The van der Waals surface area contributed by atoms with E-state index >= 15 is 0 Å². The van der Waals surface area contributed by atoms with E-state index in [0.717, 1.165) is 19.0 Å². The standard InChI is InChI=1S/C20H40N4/c1-5-21-19(22-14-9-10-15-23(4)18(2)3)24-16-13-20(17-24)11-7-6-8-12-20/h18H,5-17H2,1-4H3,(H,21,22). The number of likely N-dealkylation sites (tertiary alicyclic amines) is 1. The molecular formula is C20H40N4. The molecule has 1 N–H and O–H groups in total. The maximum atomic E-state index is 4.93. The number of aliphatic imine (C=N–C) groups is 1. The first-order valence-electron chi connectivity index (χ1n) is 10.3. The minimum atomic E-state index is 0.606. The van der Waals surface area contributed by atoms with Crippen LogP contribution in [0, 0.1) is 5.41 Å². The Morgan fingerprint density at radius 1 is 1.17 bits per heavy atom. The van der Waals surface area contributed by atoms with Crippen LogP contribution in [-0.2, 0) is 0 Å². The van der Waals surface area contributed by atoms with Gasteiger partial charge in [0.25, 0.3) is 0 Å². The maximum Gasteiger partial charge on any atom is 0.193 e. The molecule has 2 aliphatic rings. The van der Waals surface area contributed by atoms with Gasteiger partial charge in [0.05, 0.1) is 0 Å². The van der Waals surface area contributed by atoms with Crippen LogP contribution in [0.5, 0.6) is 0 Å². The summed E-state index contributed by atoms with van der Waals surface area (Å²) in [6, 6.07) is 0.641. The zero-order valence-electron chi connectivity index (χ0n) is 16.6. The molecule has 0 unspecified atom stereocenters. The lowest BCUT2D eigenvalue weighted by Crippen LogP contribution is -2.41. The van der Waals surface area contributed by atoms with Gasteiger partial charge < -0.3 is 15.1 Å². The topological polar surface area (TPSA) is 30.9 Å². The third-order valence-corrected chi connectivity index (χ3v) is 6.05. The van der Waals surface area contributed by atoms with Crippen LogP contribution in [0.15, 0.2) is 4.99 Å². The Hall–Kier alpha value is -0.770. The summed E-state index contributed by atoms with van der Waals surface area (Å²) in [5.41, 5.74) is 0.606. The number of hydrogen-bond donors (Lipinski definition) is 1. The quantitative estimate of drug-likeness (QED) is 0.437. The molecule has 0 amide bonds. The molecule has 0 atom stereocenters. The predicted octanol–water partition coefficient (Wildman–Crippen LogP) is 3.73. The maximum absolute atomic E-state index is 4.93. The fraction of sp³-hybridized carbons (Fsp3) is 0.950. The summed E-state index contributed by atoms with van der Waals surface area (Å²) in [6.07, 6.45) is 11.0. The van der Waals surface area contributed by atoms with Gasteiger partial charge in [-0.1, -0.05) is 19.3 Å². The van der Waals surface area contributed by atoms with Crippen molar-refractivity contribution in [2.45, 2.75) is 78.2 Å². The molecule has 1 saturated carbocycles. The van der Waals surface area contributed by atoms with Gasteiger partial charge in [0.1, 0.15) is 0 Å². The first kappa shape index (κ1) is 19.6. The van der Waals surface area contributed by atoms with Crippen molar-refractivity contribution < 1.29 is 0 Å². The summed E-state index contributed by atoms with van der Waals surface area (Å²) in [5, 5.41) is 3.53. The van der Waals surface area contributed by atoms with Crippen molar-refractivity contribution in [3.05, 3.63) is 0 Å². The van der Waals surface area contributed by atoms with Gasteiger partial charge in [0.2, 0.25) is 0 Å². The van der Waals surface area contributed by atoms with E-state index in [2.05, 4.69) is 42.9 Å². The Morgan fingerprint density at radius 2 is 1.92 bits per heavy atom. The molecule has 4 nitrogen and oxygen atoms in total. The normalized spacial score (nSPS) is 21.2. The van der Waals surface area contributed by atoms with Gasteiger partial charge in [0, 0.05) is 32.2 Å². The Morgan fingerprint density at radius 3 is 2.58 bits per heavy atom. The zero-order chi connectivity index (χ0) is 17.4. The minimum Gasteiger partial charge on any atom is -0.357 e. The highest BCUT2D eigenvalue weighted by Gasteiger charge is 2.39. The fourth-order valence-electron chi connectivity index (χ4n) is 4.17. The van der Waals surface area contributed by atoms with Crippen molar-refractivity contribution in [2.24, 2.45) is 10.4 Å². The summed E-state index contributed by atoms with van der Waals surface area (Å²) in [5.74, 6) is 1.16. The summed E-state index contributed by atoms with van der Waals surface area (Å²) in [7, 11) is 2.21. The van der Waals surface area contributed by atoms with Crippen LogP contribution in [0.1, 0.15) is 72.1 Å². The Labute approximate surface area is 150 Å². The van der Waals surface area contributed by atoms with Gasteiger partial charge >= 0.3 is 0 Å². The summed E-state index contributed by atoms with van der Waals surface area (Å²) < 4.78 is 0. The molecule has 0 bridgehead atoms. The molecule has 0 radical (unpaired) electrons. The Bertz CT molecular complexity index is 385. The van der Waals surface area contributed by atoms with Gasteiger partial charge in [-0.15, -0.1) is 0 Å². The van der Waals surface area contributed by atoms with Crippen LogP contribution in [0.4, 0.5) is 0 Å². The molecule has 0 aromatic heterocycles. The van der Waals surface area contributed by atoms with Crippen molar-refractivity contribution in [3.8, 4) is 0 Å². The van der Waals surface area contributed by atoms with Crippen molar-refractivity contribution >= 4 is 5.96 Å². The van der Waals surface area contributed by atoms with Crippen LogP contribution in [-0.4, -0.2) is 61.6 Å². The van der Waals surface area contributed by atoms with E-state index in [1.54, 1.807) is 0 Å². The molecule has 0 aromatic carbocycles. The third kappa shape index (κ3) is 5.65. The smallest absolute Gasteiger partial charge is 0.193 e. The monoisotopic (exact) mass is 336 g/mol. The lowest BCUT2D eigenvalue weighted by molar-refractivity contribution is 0.203. The second-order valence-electron chi connectivity index (χ2n) is 8.25. The van der Waals surface area contributed by atoms with Crippen molar-refractivity contribution in [3.63, 3.8) is 0 Å². The fourth-order valence-corrected chi connectivity index (χ4v) is 4.17. The lowest BCUT2D eigenvalue weighted by Gasteiger charge is -2.33. The Balaban J connectivity index is 1.78. The SMILES string of the molecule is CCNC(=NCCCCN(C)C(C)C)N1CCC2(CCCCC2)C1. The molecule has 0 aromatic rings. The van der Waals surface area contributed by atoms with Gasteiger partial charge in [0.15, 0.2) is 5.96 Å². The molecule has 1 aliphatic heterocycles. The molecule has 2 fully saturated rings. The summed E-state index contributed by atoms with van der Waals surface area (Å²) >= 11 is 0. The molecule has 1 saturated heterocycles. The van der Waals surface area contributed by atoms with E-state index in [1.807, 2.05) is 0 Å². The molecule has 2 rings (SSSR count). The third-order valence-electron chi connectivity index (χ3n) is 6.05. The largest absolute Gasteiger partial charge is 0.357 e. The number of nitrogens with one attached hydrogen (secondary N) is 1. The molecule has 24 heavy (non-hydrogen) atoms. The molecule has 1 spiro atoms. The van der Waals surface area contributed by atoms with E-state index in [9.17, 15) is 0 Å². The average molecular weight is 337 g/mol. The average Bonchev–Trinajstić information content (AvgIpc) is 2.97. The van der Waals surface area contributed by atoms with Crippen LogP contribution in [0.2, 0.25) is 0 Å². The van der Waals surface area contributed by atoms with E-state index in [1.165, 1.54) is 71.0 Å². The van der Waals surface area contributed by atoms with Gasteiger partial charge in [-0.2, -0.15) is 0 Å². The molecule has 1 aliphatic carbocycles. The second-order valence-corrected chi connectivity index (χ2v) is 8.25. The van der Waals surface area contributed by atoms with E-state index in [4.69, 9.17) is 4.99 Å². The summed E-state index contributed by atoms with van der Waals surface area (Å²) in [6.45, 7) is 12.2. The number of hydrogen-bond acceptors (Lipinski definition) is 2. The van der Waals surface area contributed by atoms with E-state index in [0.29, 0.717) is 11.5 Å². The molecule has 1 heterocycles. The van der Waals surface area contributed by atoms with Gasteiger partial charge in [-0.25, -0.2) is 0 Å². The number of guanidine groups is 1. The van der Waals surface area contributed by atoms with E-state index in [-0.39, 0.29) is 0 Å². The Kier molecular flexibility index (Phi) is 7.86. The highest BCUT2D eigenvalue weighted by atomic mass is 15.3. The van der Waals surface area contributed by atoms with Crippen molar-refractivity contribution in [2.75, 3.05) is 39.8 Å². The lowest BCUT2D eigenvalue weighted by atomic mass is 9.73. The van der Waals surface area contributed by atoms with Crippen molar-refractivity contribution in [1.29, 1.82) is 0 Å². The first-order valence-corrected chi connectivity index (χ1v) is 10.3. The van der Waals surface area contributed by atoms with E-state index < -0.39 is 0 Å². The second kappa shape index (κ2) is 9.65. The predicted molar refractivity (Wildman–Crippen MR) is 105 cm³/mol. The van der Waals surface area contributed by atoms with Crippen LogP contribution < -0.4 is 5.32 Å². The molecular weight excluding hydrogens is 296 g/mol. The van der Waals surface area contributed by atoms with Crippen LogP contribution >= 0.6 is 0 Å². The highest BCUT2D eigenvalue weighted by Crippen LogP contribution is 2.43. The summed E-state index contributed by atoms with van der Waals surface area (Å²) in [4.78, 5) is 9.88. The van der Waals surface area contributed by atoms with Crippen molar-refractivity contribution in [1.82, 2.24) is 15.1 Å². The number of rotatable bonds is 7. The van der Waals surface area contributed by atoms with Gasteiger partial charge in [-0.3, -0.25) is 4.99 Å². The number of unbranched alkanes of at least 4 members (excludes halogenated alkanes) is 1.